The molecule has 0 bridgehead atoms. The molecule has 0 aliphatic carbocycles. The summed E-state index contributed by atoms with van der Waals surface area (Å²) in [6.07, 6.45) is 3.69. The number of carbonyl (C=O) groups excluding carboxylic acids is 2. The van der Waals surface area contributed by atoms with E-state index >= 15 is 0 Å². The first kappa shape index (κ1) is 23.3. The van der Waals surface area contributed by atoms with Crippen molar-refractivity contribution in [2.24, 2.45) is 0 Å². The number of nitrogens with one attached hydrogen (secondary N) is 2. The lowest BCUT2D eigenvalue weighted by Gasteiger charge is -2.19. The van der Waals surface area contributed by atoms with Gasteiger partial charge in [-0.05, 0) is 73.2 Å². The van der Waals surface area contributed by atoms with Crippen LogP contribution in [-0.4, -0.2) is 17.9 Å². The van der Waals surface area contributed by atoms with Crippen molar-refractivity contribution in [3.63, 3.8) is 0 Å². The van der Waals surface area contributed by atoms with Crippen LogP contribution in [0.3, 0.4) is 0 Å². The van der Waals surface area contributed by atoms with Gasteiger partial charge in [0, 0.05) is 17.7 Å². The molecule has 1 atom stereocenters. The predicted molar refractivity (Wildman–Crippen MR) is 131 cm³/mol. The molecule has 166 valence electrons. The fourth-order valence-electron chi connectivity index (χ4n) is 3.78. The van der Waals surface area contributed by atoms with E-state index in [0.717, 1.165) is 41.6 Å². The topological polar surface area (TPSA) is 58.2 Å². The molecule has 3 aromatic rings. The molecule has 3 rings (SSSR count). The van der Waals surface area contributed by atoms with Gasteiger partial charge in [-0.3, -0.25) is 9.59 Å². The van der Waals surface area contributed by atoms with E-state index in [2.05, 4.69) is 23.6 Å². The van der Waals surface area contributed by atoms with Gasteiger partial charge in [-0.15, -0.1) is 0 Å². The van der Waals surface area contributed by atoms with Crippen molar-refractivity contribution in [1.29, 1.82) is 0 Å². The Morgan fingerprint density at radius 1 is 0.844 bits per heavy atom. The first-order chi connectivity index (χ1) is 15.4. The number of unbranched alkanes of at least 4 members (excludes halogenated alkanes) is 1. The highest BCUT2D eigenvalue weighted by molar-refractivity contribution is 6.01. The van der Waals surface area contributed by atoms with Crippen LogP contribution in [-0.2, 0) is 17.6 Å². The summed E-state index contributed by atoms with van der Waals surface area (Å²) in [4.78, 5) is 26.1. The molecule has 0 aliphatic rings. The van der Waals surface area contributed by atoms with Crippen molar-refractivity contribution in [1.82, 2.24) is 5.32 Å². The third-order valence-electron chi connectivity index (χ3n) is 5.43. The lowest BCUT2D eigenvalue weighted by molar-refractivity contribution is -0.118. The van der Waals surface area contributed by atoms with Crippen LogP contribution in [0.5, 0.6) is 0 Å². The molecule has 0 spiro atoms. The molecule has 0 saturated heterocycles. The summed E-state index contributed by atoms with van der Waals surface area (Å²) in [6, 6.07) is 22.6. The Morgan fingerprint density at radius 2 is 1.50 bits per heavy atom. The predicted octanol–water partition coefficient (Wildman–Crippen LogP) is 5.63. The maximum absolute atomic E-state index is 13.2. The molecular weight excluding hydrogens is 396 g/mol. The van der Waals surface area contributed by atoms with Crippen LogP contribution in [0.2, 0.25) is 0 Å². The van der Waals surface area contributed by atoms with Gasteiger partial charge in [0.15, 0.2) is 0 Å². The second-order valence-electron chi connectivity index (χ2n) is 8.38. The van der Waals surface area contributed by atoms with Crippen molar-refractivity contribution in [2.45, 2.75) is 52.5 Å². The molecular formula is C28H32N2O2. The average molecular weight is 429 g/mol. The molecule has 0 radical (unpaired) electrons. The number of aryl methyl sites for hydroxylation is 3. The maximum Gasteiger partial charge on any atom is 0.251 e. The summed E-state index contributed by atoms with van der Waals surface area (Å²) < 4.78 is 0. The van der Waals surface area contributed by atoms with E-state index in [4.69, 9.17) is 0 Å². The number of hydrogen-bond acceptors (Lipinski definition) is 2. The zero-order chi connectivity index (χ0) is 22.9. The summed E-state index contributed by atoms with van der Waals surface area (Å²) in [7, 11) is 0. The van der Waals surface area contributed by atoms with Gasteiger partial charge in [-0.25, -0.2) is 0 Å². The van der Waals surface area contributed by atoms with E-state index in [1.807, 2.05) is 80.6 Å². The van der Waals surface area contributed by atoms with E-state index in [1.54, 1.807) is 0 Å². The Bertz CT molecular complexity index is 1020. The van der Waals surface area contributed by atoms with Crippen molar-refractivity contribution >= 4 is 17.5 Å². The molecule has 3 aromatic carbocycles. The van der Waals surface area contributed by atoms with Crippen LogP contribution in [0.4, 0.5) is 5.69 Å². The summed E-state index contributed by atoms with van der Waals surface area (Å²) >= 11 is 0. The zero-order valence-electron chi connectivity index (χ0n) is 19.2. The SMILES string of the molecule is CCCCc1ccc(C(=O)NC(Cc2ccccc2)C(=O)Nc2cc(C)cc(C)c2)cc1. The van der Waals surface area contributed by atoms with E-state index in [0.29, 0.717) is 12.0 Å². The molecule has 2 N–H and O–H groups in total. The summed E-state index contributed by atoms with van der Waals surface area (Å²) in [5.41, 5.74) is 5.65. The Balaban J connectivity index is 1.75. The van der Waals surface area contributed by atoms with Gasteiger partial charge in [-0.1, -0.05) is 61.9 Å². The number of anilines is 1. The lowest BCUT2D eigenvalue weighted by Crippen LogP contribution is -2.45. The molecule has 0 aromatic heterocycles. The Morgan fingerprint density at radius 3 is 2.12 bits per heavy atom. The van der Waals surface area contributed by atoms with Crippen LogP contribution in [0, 0.1) is 13.8 Å². The molecule has 0 aliphatic heterocycles. The second-order valence-corrected chi connectivity index (χ2v) is 8.38. The normalized spacial score (nSPS) is 11.6. The van der Waals surface area contributed by atoms with Crippen LogP contribution in [0.1, 0.15) is 52.4 Å². The lowest BCUT2D eigenvalue weighted by atomic mass is 10.0. The average Bonchev–Trinajstić information content (AvgIpc) is 2.77. The number of rotatable bonds is 9. The fourth-order valence-corrected chi connectivity index (χ4v) is 3.78. The molecule has 4 heteroatoms. The van der Waals surface area contributed by atoms with Crippen molar-refractivity contribution in [2.75, 3.05) is 5.32 Å². The van der Waals surface area contributed by atoms with Gasteiger partial charge in [0.1, 0.15) is 6.04 Å². The highest BCUT2D eigenvalue weighted by Gasteiger charge is 2.22. The van der Waals surface area contributed by atoms with Crippen LogP contribution in [0.15, 0.2) is 72.8 Å². The van der Waals surface area contributed by atoms with E-state index in [9.17, 15) is 9.59 Å². The van der Waals surface area contributed by atoms with Gasteiger partial charge >= 0.3 is 0 Å². The second kappa shape index (κ2) is 11.3. The minimum Gasteiger partial charge on any atom is -0.340 e. The van der Waals surface area contributed by atoms with Crippen molar-refractivity contribution < 1.29 is 9.59 Å². The largest absolute Gasteiger partial charge is 0.340 e. The summed E-state index contributed by atoms with van der Waals surface area (Å²) in [6.45, 7) is 6.16. The molecule has 32 heavy (non-hydrogen) atoms. The maximum atomic E-state index is 13.2. The van der Waals surface area contributed by atoms with Crippen LogP contribution >= 0.6 is 0 Å². The third-order valence-corrected chi connectivity index (χ3v) is 5.43. The van der Waals surface area contributed by atoms with E-state index in [-0.39, 0.29) is 11.8 Å². The molecule has 0 heterocycles. The van der Waals surface area contributed by atoms with Crippen molar-refractivity contribution in [3.8, 4) is 0 Å². The number of carbonyl (C=O) groups is 2. The highest BCUT2D eigenvalue weighted by Crippen LogP contribution is 2.15. The standard InChI is InChI=1S/C28H32N2O2/c1-4-5-9-22-12-14-24(15-13-22)27(31)30-26(19-23-10-7-6-8-11-23)28(32)29-25-17-20(2)16-21(3)18-25/h6-8,10-18,26H,4-5,9,19H2,1-3H3,(H,29,32)(H,30,31). The van der Waals surface area contributed by atoms with E-state index in [1.165, 1.54) is 5.56 Å². The van der Waals surface area contributed by atoms with Gasteiger partial charge in [0.05, 0.1) is 0 Å². The highest BCUT2D eigenvalue weighted by atomic mass is 16.2. The summed E-state index contributed by atoms with van der Waals surface area (Å²) in [5, 5.41) is 5.92. The molecule has 2 amide bonds. The fraction of sp³-hybridized carbons (Fsp3) is 0.286. The minimum absolute atomic E-state index is 0.230. The van der Waals surface area contributed by atoms with Crippen molar-refractivity contribution in [3.05, 3.63) is 101 Å². The number of amides is 2. The quantitative estimate of drug-likeness (QED) is 0.464. The van der Waals surface area contributed by atoms with Gasteiger partial charge in [0.2, 0.25) is 5.91 Å². The van der Waals surface area contributed by atoms with Gasteiger partial charge < -0.3 is 10.6 Å². The first-order valence-electron chi connectivity index (χ1n) is 11.3. The Kier molecular flexibility index (Phi) is 8.20. The number of benzene rings is 3. The zero-order valence-corrected chi connectivity index (χ0v) is 19.2. The van der Waals surface area contributed by atoms with Crippen LogP contribution in [0.25, 0.3) is 0 Å². The molecule has 4 nitrogen and oxygen atoms in total. The Hall–Kier alpha value is -3.40. The first-order valence-corrected chi connectivity index (χ1v) is 11.3. The number of hydrogen-bond donors (Lipinski definition) is 2. The van der Waals surface area contributed by atoms with Gasteiger partial charge in [-0.2, -0.15) is 0 Å². The summed E-state index contributed by atoms with van der Waals surface area (Å²) in [5.74, 6) is -0.477. The molecule has 1 unspecified atom stereocenters. The van der Waals surface area contributed by atoms with E-state index < -0.39 is 6.04 Å². The molecule has 0 fully saturated rings. The monoisotopic (exact) mass is 428 g/mol. The third kappa shape index (κ3) is 6.81. The Labute approximate surface area is 191 Å². The van der Waals surface area contributed by atoms with Gasteiger partial charge in [0.25, 0.3) is 5.91 Å². The smallest absolute Gasteiger partial charge is 0.251 e. The minimum atomic E-state index is -0.689. The molecule has 0 saturated carbocycles. The van der Waals surface area contributed by atoms with Crippen LogP contribution < -0.4 is 10.6 Å².